The highest BCUT2D eigenvalue weighted by Gasteiger charge is 2.30. The number of benzene rings is 1. The van der Waals surface area contributed by atoms with E-state index in [2.05, 4.69) is 33.8 Å². The van der Waals surface area contributed by atoms with Crippen LogP contribution in [0.2, 0.25) is 0 Å². The number of piperazine rings is 1. The lowest BCUT2D eigenvalue weighted by Crippen LogP contribution is -2.52. The van der Waals surface area contributed by atoms with Crippen molar-refractivity contribution < 1.29 is 13.9 Å². The Morgan fingerprint density at radius 2 is 2.00 bits per heavy atom. The molecule has 1 aliphatic rings. The number of aryl methyl sites for hydroxylation is 1. The Morgan fingerprint density at radius 1 is 1.28 bits per heavy atom. The lowest BCUT2D eigenvalue weighted by Gasteiger charge is -2.42. The first-order valence-corrected chi connectivity index (χ1v) is 8.48. The van der Waals surface area contributed by atoms with Crippen molar-refractivity contribution in [2.75, 3.05) is 31.6 Å². The van der Waals surface area contributed by atoms with Gasteiger partial charge in [-0.2, -0.15) is 0 Å². The van der Waals surface area contributed by atoms with Crippen LogP contribution in [0.3, 0.4) is 0 Å². The minimum atomic E-state index is -0.312. The van der Waals surface area contributed by atoms with Gasteiger partial charge in [-0.1, -0.05) is 0 Å². The van der Waals surface area contributed by atoms with Crippen LogP contribution in [0.25, 0.3) is 0 Å². The van der Waals surface area contributed by atoms with E-state index in [0.717, 1.165) is 25.3 Å². The number of nitrogens with zero attached hydrogens (tertiary/aromatic N) is 4. The van der Waals surface area contributed by atoms with E-state index in [1.54, 1.807) is 0 Å². The number of hydrogen-bond donors (Lipinski definition) is 0. The fourth-order valence-corrected chi connectivity index (χ4v) is 3.33. The van der Waals surface area contributed by atoms with Crippen molar-refractivity contribution in [3.63, 3.8) is 0 Å². The van der Waals surface area contributed by atoms with Crippen molar-refractivity contribution in [1.29, 1.82) is 0 Å². The molecule has 0 radical (unpaired) electrons. The third-order valence-corrected chi connectivity index (χ3v) is 4.73. The largest absolute Gasteiger partial charge is 0.465 e. The number of carbonyl (C=O) groups is 1. The van der Waals surface area contributed by atoms with Gasteiger partial charge in [0.2, 0.25) is 11.8 Å². The van der Waals surface area contributed by atoms with Gasteiger partial charge in [0, 0.05) is 38.3 Å². The van der Waals surface area contributed by atoms with Crippen molar-refractivity contribution >= 4 is 11.7 Å². The molecule has 1 fully saturated rings. The normalized spacial score (nSPS) is 19.7. The highest BCUT2D eigenvalue weighted by molar-refractivity contribution is 5.89. The van der Waals surface area contributed by atoms with Gasteiger partial charge in [0.15, 0.2) is 0 Å². The van der Waals surface area contributed by atoms with Gasteiger partial charge >= 0.3 is 5.97 Å². The maximum absolute atomic E-state index is 11.5. The molecule has 1 saturated heterocycles. The van der Waals surface area contributed by atoms with Crippen LogP contribution in [0.1, 0.15) is 42.0 Å². The van der Waals surface area contributed by atoms with Crippen LogP contribution in [-0.4, -0.2) is 53.9 Å². The van der Waals surface area contributed by atoms with Crippen LogP contribution in [0.5, 0.6) is 0 Å². The molecule has 0 bridgehead atoms. The molecule has 3 rings (SSSR count). The number of carbonyl (C=O) groups excluding carboxylic acids is 1. The molecule has 7 nitrogen and oxygen atoms in total. The lowest BCUT2D eigenvalue weighted by molar-refractivity contribution is 0.0600. The van der Waals surface area contributed by atoms with Crippen LogP contribution >= 0.6 is 0 Å². The van der Waals surface area contributed by atoms with Crippen LogP contribution in [0.15, 0.2) is 28.7 Å². The molecule has 0 N–H and O–H groups in total. The topological polar surface area (TPSA) is 71.7 Å². The maximum Gasteiger partial charge on any atom is 0.337 e. The van der Waals surface area contributed by atoms with Gasteiger partial charge in [-0.25, -0.2) is 4.79 Å². The summed E-state index contributed by atoms with van der Waals surface area (Å²) in [6, 6.07) is 8.00. The number of aromatic nitrogens is 2. The fourth-order valence-electron chi connectivity index (χ4n) is 3.33. The van der Waals surface area contributed by atoms with E-state index in [1.165, 1.54) is 7.11 Å². The summed E-state index contributed by atoms with van der Waals surface area (Å²) in [6.45, 7) is 8.82. The quantitative estimate of drug-likeness (QED) is 0.789. The molecule has 2 aromatic rings. The molecule has 25 heavy (non-hydrogen) atoms. The first kappa shape index (κ1) is 17.4. The summed E-state index contributed by atoms with van der Waals surface area (Å²) in [5.41, 5.74) is 1.68. The van der Waals surface area contributed by atoms with E-state index in [-0.39, 0.29) is 12.0 Å². The van der Waals surface area contributed by atoms with Gasteiger partial charge in [-0.05, 0) is 38.1 Å². The monoisotopic (exact) mass is 344 g/mol. The lowest BCUT2D eigenvalue weighted by atomic mass is 10.1. The Hall–Kier alpha value is -2.41. The third kappa shape index (κ3) is 3.66. The summed E-state index contributed by atoms with van der Waals surface area (Å²) >= 11 is 0. The summed E-state index contributed by atoms with van der Waals surface area (Å²) < 4.78 is 10.3. The molecular weight excluding hydrogens is 320 g/mol. The SMILES string of the molecule is COC(=O)c1ccc(N2CCN([C@@H](C)c3nnc(C)o3)[C@@H](C)C2)cc1. The number of anilines is 1. The summed E-state index contributed by atoms with van der Waals surface area (Å²) in [7, 11) is 1.39. The Morgan fingerprint density at radius 3 is 2.56 bits per heavy atom. The molecule has 2 atom stereocenters. The molecule has 134 valence electrons. The van der Waals surface area contributed by atoms with Crippen molar-refractivity contribution in [3.05, 3.63) is 41.6 Å². The van der Waals surface area contributed by atoms with Crippen LogP contribution in [-0.2, 0) is 4.74 Å². The van der Waals surface area contributed by atoms with Crippen molar-refractivity contribution in [1.82, 2.24) is 15.1 Å². The van der Waals surface area contributed by atoms with Crippen LogP contribution in [0, 0.1) is 6.92 Å². The molecule has 2 heterocycles. The average molecular weight is 344 g/mol. The summed E-state index contributed by atoms with van der Waals surface area (Å²) in [4.78, 5) is 16.3. The predicted molar refractivity (Wildman–Crippen MR) is 93.6 cm³/mol. The van der Waals surface area contributed by atoms with E-state index < -0.39 is 0 Å². The van der Waals surface area contributed by atoms with E-state index in [4.69, 9.17) is 9.15 Å². The predicted octanol–water partition coefficient (Wildman–Crippen LogP) is 2.44. The first-order chi connectivity index (χ1) is 12.0. The molecule has 0 spiro atoms. The number of esters is 1. The Balaban J connectivity index is 1.66. The first-order valence-electron chi connectivity index (χ1n) is 8.48. The standard InChI is InChI=1S/C18H24N4O3/c1-12-11-21(16-7-5-15(6-8-16)18(23)24-4)9-10-22(12)13(2)17-20-19-14(3)25-17/h5-8,12-13H,9-11H2,1-4H3/t12-,13-/m0/s1. The van der Waals surface area contributed by atoms with Crippen molar-refractivity contribution in [2.45, 2.75) is 32.9 Å². The molecule has 0 unspecified atom stereocenters. The van der Waals surface area contributed by atoms with Crippen molar-refractivity contribution in [2.24, 2.45) is 0 Å². The van der Waals surface area contributed by atoms with Gasteiger partial charge in [0.05, 0.1) is 18.7 Å². The summed E-state index contributed by atoms with van der Waals surface area (Å²) in [5, 5.41) is 8.08. The van der Waals surface area contributed by atoms with E-state index in [9.17, 15) is 4.79 Å². The van der Waals surface area contributed by atoms with E-state index in [0.29, 0.717) is 23.4 Å². The van der Waals surface area contributed by atoms with Crippen LogP contribution < -0.4 is 4.90 Å². The second kappa shape index (κ2) is 7.23. The number of ether oxygens (including phenoxy) is 1. The highest BCUT2D eigenvalue weighted by atomic mass is 16.5. The molecule has 7 heteroatoms. The number of rotatable bonds is 4. The van der Waals surface area contributed by atoms with Crippen LogP contribution in [0.4, 0.5) is 5.69 Å². The molecule has 1 aromatic carbocycles. The van der Waals surface area contributed by atoms with Gasteiger partial charge < -0.3 is 14.1 Å². The molecular formula is C18H24N4O3. The Kier molecular flexibility index (Phi) is 5.03. The van der Waals surface area contributed by atoms with E-state index >= 15 is 0 Å². The smallest absolute Gasteiger partial charge is 0.337 e. The average Bonchev–Trinajstić information content (AvgIpc) is 3.07. The molecule has 0 saturated carbocycles. The molecule has 0 aliphatic carbocycles. The third-order valence-electron chi connectivity index (χ3n) is 4.73. The maximum atomic E-state index is 11.5. The minimum absolute atomic E-state index is 0.0973. The summed E-state index contributed by atoms with van der Waals surface area (Å²) in [6.07, 6.45) is 0. The molecule has 0 amide bonds. The van der Waals surface area contributed by atoms with Crippen molar-refractivity contribution in [3.8, 4) is 0 Å². The fraction of sp³-hybridized carbons (Fsp3) is 0.500. The van der Waals surface area contributed by atoms with E-state index in [1.807, 2.05) is 31.2 Å². The van der Waals surface area contributed by atoms with Gasteiger partial charge in [0.1, 0.15) is 0 Å². The van der Waals surface area contributed by atoms with Gasteiger partial charge in [0.25, 0.3) is 0 Å². The molecule has 1 aromatic heterocycles. The number of hydrogen-bond acceptors (Lipinski definition) is 7. The van der Waals surface area contributed by atoms with Gasteiger partial charge in [-0.3, -0.25) is 4.90 Å². The highest BCUT2D eigenvalue weighted by Crippen LogP contribution is 2.26. The summed E-state index contributed by atoms with van der Waals surface area (Å²) in [5.74, 6) is 0.951. The van der Waals surface area contributed by atoms with Gasteiger partial charge in [-0.15, -0.1) is 10.2 Å². The minimum Gasteiger partial charge on any atom is -0.465 e. The number of methoxy groups -OCH3 is 1. The Labute approximate surface area is 147 Å². The second-order valence-electron chi connectivity index (χ2n) is 6.41. The molecule has 1 aliphatic heterocycles. The zero-order chi connectivity index (χ0) is 18.0. The zero-order valence-electron chi connectivity index (χ0n) is 15.1. The zero-order valence-corrected chi connectivity index (χ0v) is 15.1. The second-order valence-corrected chi connectivity index (χ2v) is 6.41. The Bertz CT molecular complexity index is 728.